The van der Waals surface area contributed by atoms with Gasteiger partial charge in [0.2, 0.25) is 0 Å². The summed E-state index contributed by atoms with van der Waals surface area (Å²) in [5, 5.41) is 7.41. The number of nitrogens with zero attached hydrogens (tertiary/aromatic N) is 2. The second kappa shape index (κ2) is 4.72. The molecule has 98 valence electrons. The van der Waals surface area contributed by atoms with Crippen LogP contribution in [-0.4, -0.2) is 40.8 Å². The van der Waals surface area contributed by atoms with Gasteiger partial charge in [-0.25, -0.2) is 0 Å². The van der Waals surface area contributed by atoms with E-state index in [4.69, 9.17) is 4.74 Å². The van der Waals surface area contributed by atoms with Gasteiger partial charge in [-0.15, -0.1) is 0 Å². The maximum atomic E-state index is 12.1. The fraction of sp³-hybridized carbons (Fsp3) is 0.692. The lowest BCUT2D eigenvalue weighted by atomic mass is 10.2. The van der Waals surface area contributed by atoms with Crippen molar-refractivity contribution in [2.24, 2.45) is 0 Å². The van der Waals surface area contributed by atoms with Crippen molar-refractivity contribution in [2.75, 3.05) is 13.7 Å². The molecule has 1 aliphatic carbocycles. The molecule has 1 aromatic heterocycles. The van der Waals surface area contributed by atoms with Crippen LogP contribution in [0.5, 0.6) is 0 Å². The zero-order valence-corrected chi connectivity index (χ0v) is 10.7. The number of rotatable bonds is 3. The highest BCUT2D eigenvalue weighted by molar-refractivity contribution is 5.80. The molecule has 0 unspecified atom stereocenters. The number of aromatic amines is 1. The Bertz CT molecular complexity index is 449. The van der Waals surface area contributed by atoms with Crippen LogP contribution in [-0.2, 0) is 28.9 Å². The minimum atomic E-state index is -0.234. The first kappa shape index (κ1) is 11.7. The molecule has 2 heterocycles. The molecule has 1 N–H and O–H groups in total. The second-order valence-electron chi connectivity index (χ2n) is 5.18. The predicted octanol–water partition coefficient (Wildman–Crippen LogP) is 1.04. The highest BCUT2D eigenvalue weighted by Crippen LogP contribution is 2.24. The van der Waals surface area contributed by atoms with E-state index in [1.807, 2.05) is 7.05 Å². The van der Waals surface area contributed by atoms with Crippen molar-refractivity contribution in [3.63, 3.8) is 0 Å². The van der Waals surface area contributed by atoms with Gasteiger partial charge in [-0.3, -0.25) is 9.89 Å². The van der Waals surface area contributed by atoms with E-state index in [0.29, 0.717) is 13.2 Å². The van der Waals surface area contributed by atoms with Crippen LogP contribution in [0.4, 0.5) is 0 Å². The first-order valence-corrected chi connectivity index (χ1v) is 6.67. The van der Waals surface area contributed by atoms with Gasteiger partial charge in [-0.2, -0.15) is 5.10 Å². The zero-order valence-electron chi connectivity index (χ0n) is 10.7. The fourth-order valence-electron chi connectivity index (χ4n) is 2.84. The van der Waals surface area contributed by atoms with Crippen molar-refractivity contribution < 1.29 is 9.53 Å². The largest absolute Gasteiger partial charge is 0.368 e. The van der Waals surface area contributed by atoms with Crippen LogP contribution in [0.25, 0.3) is 0 Å². The monoisotopic (exact) mass is 249 g/mol. The van der Waals surface area contributed by atoms with Crippen LogP contribution in [0.3, 0.4) is 0 Å². The van der Waals surface area contributed by atoms with E-state index >= 15 is 0 Å². The Balaban J connectivity index is 1.66. The lowest BCUT2D eigenvalue weighted by Gasteiger charge is -2.20. The van der Waals surface area contributed by atoms with E-state index < -0.39 is 0 Å². The average molecular weight is 249 g/mol. The van der Waals surface area contributed by atoms with Crippen molar-refractivity contribution in [1.29, 1.82) is 0 Å². The number of nitrogens with one attached hydrogen (secondary N) is 1. The van der Waals surface area contributed by atoms with Gasteiger partial charge in [0.15, 0.2) is 0 Å². The number of aromatic nitrogens is 2. The summed E-state index contributed by atoms with van der Waals surface area (Å²) in [5.74, 6) is 0.0854. The Morgan fingerprint density at radius 1 is 1.50 bits per heavy atom. The molecular formula is C13H19N3O2. The summed E-state index contributed by atoms with van der Waals surface area (Å²) in [6, 6.07) is 0. The van der Waals surface area contributed by atoms with E-state index in [0.717, 1.165) is 31.4 Å². The fourth-order valence-corrected chi connectivity index (χ4v) is 2.84. The summed E-state index contributed by atoms with van der Waals surface area (Å²) in [7, 11) is 1.83. The molecular weight excluding hydrogens is 230 g/mol. The molecule has 0 saturated carbocycles. The molecule has 0 bridgehead atoms. The first-order chi connectivity index (χ1) is 8.75. The van der Waals surface area contributed by atoms with Gasteiger partial charge in [-0.1, -0.05) is 0 Å². The first-order valence-electron chi connectivity index (χ1n) is 6.67. The molecule has 1 aliphatic heterocycles. The smallest absolute Gasteiger partial charge is 0.251 e. The van der Waals surface area contributed by atoms with Gasteiger partial charge in [0.25, 0.3) is 5.91 Å². The number of likely N-dealkylation sites (N-methyl/N-ethyl adjacent to an activating group) is 1. The molecule has 1 fully saturated rings. The van der Waals surface area contributed by atoms with Crippen LogP contribution < -0.4 is 0 Å². The molecule has 1 amide bonds. The Kier molecular flexibility index (Phi) is 3.07. The summed E-state index contributed by atoms with van der Waals surface area (Å²) in [4.78, 5) is 13.9. The third-order valence-electron chi connectivity index (χ3n) is 3.86. The lowest BCUT2D eigenvalue weighted by molar-refractivity contribution is -0.140. The van der Waals surface area contributed by atoms with E-state index in [9.17, 15) is 4.79 Å². The maximum Gasteiger partial charge on any atom is 0.251 e. The maximum absolute atomic E-state index is 12.1. The highest BCUT2D eigenvalue weighted by Gasteiger charge is 2.28. The minimum absolute atomic E-state index is 0.0854. The van der Waals surface area contributed by atoms with Crippen LogP contribution in [0.15, 0.2) is 0 Å². The van der Waals surface area contributed by atoms with E-state index in [2.05, 4.69) is 10.2 Å². The normalized spacial score (nSPS) is 22.2. The van der Waals surface area contributed by atoms with Crippen molar-refractivity contribution in [2.45, 2.75) is 44.8 Å². The number of aryl methyl sites for hydroxylation is 1. The third-order valence-corrected chi connectivity index (χ3v) is 3.86. The van der Waals surface area contributed by atoms with E-state index in [-0.39, 0.29) is 12.0 Å². The number of carbonyl (C=O) groups excluding carboxylic acids is 1. The van der Waals surface area contributed by atoms with E-state index in [1.54, 1.807) is 4.90 Å². The number of H-pyrrole nitrogens is 1. The van der Waals surface area contributed by atoms with Gasteiger partial charge in [0.1, 0.15) is 6.10 Å². The molecule has 5 nitrogen and oxygen atoms in total. The summed E-state index contributed by atoms with van der Waals surface area (Å²) in [6.07, 6.45) is 4.97. The van der Waals surface area contributed by atoms with Crippen LogP contribution in [0, 0.1) is 0 Å². The standard InChI is InChI=1S/C13H19N3O2/c1-16(13(17)12-6-3-7-18-12)8-11-9-4-2-5-10(9)14-15-11/h12H,2-8H2,1H3,(H,14,15)/t12-/m0/s1. The summed E-state index contributed by atoms with van der Waals surface area (Å²) < 4.78 is 5.43. The molecule has 0 radical (unpaired) electrons. The number of amides is 1. The average Bonchev–Trinajstić information content (AvgIpc) is 3.06. The van der Waals surface area contributed by atoms with Crippen LogP contribution in [0.2, 0.25) is 0 Å². The molecule has 3 rings (SSSR count). The summed E-state index contributed by atoms with van der Waals surface area (Å²) in [5.41, 5.74) is 3.60. The number of carbonyl (C=O) groups is 1. The Morgan fingerprint density at radius 2 is 2.39 bits per heavy atom. The SMILES string of the molecule is CN(Cc1n[nH]c2c1CCC2)C(=O)[C@@H]1CCCO1. The molecule has 1 aromatic rings. The molecule has 5 heteroatoms. The molecule has 1 saturated heterocycles. The molecule has 0 aromatic carbocycles. The lowest BCUT2D eigenvalue weighted by Crippen LogP contribution is -2.35. The third kappa shape index (κ3) is 2.03. The molecule has 0 spiro atoms. The van der Waals surface area contributed by atoms with Gasteiger partial charge >= 0.3 is 0 Å². The van der Waals surface area contributed by atoms with Gasteiger partial charge < -0.3 is 9.64 Å². The van der Waals surface area contributed by atoms with Crippen LogP contribution in [0.1, 0.15) is 36.2 Å². The topological polar surface area (TPSA) is 58.2 Å². The quantitative estimate of drug-likeness (QED) is 0.870. The van der Waals surface area contributed by atoms with Crippen molar-refractivity contribution in [1.82, 2.24) is 15.1 Å². The Morgan fingerprint density at radius 3 is 3.17 bits per heavy atom. The Labute approximate surface area is 107 Å². The van der Waals surface area contributed by atoms with Crippen molar-refractivity contribution in [3.8, 4) is 0 Å². The van der Waals surface area contributed by atoms with Gasteiger partial charge in [-0.05, 0) is 37.7 Å². The highest BCUT2D eigenvalue weighted by atomic mass is 16.5. The number of fused-ring (bicyclic) bond motifs is 1. The number of hydrogen-bond acceptors (Lipinski definition) is 3. The van der Waals surface area contributed by atoms with Crippen molar-refractivity contribution >= 4 is 5.91 Å². The second-order valence-corrected chi connectivity index (χ2v) is 5.18. The van der Waals surface area contributed by atoms with Gasteiger partial charge in [0.05, 0.1) is 12.2 Å². The van der Waals surface area contributed by atoms with Gasteiger partial charge in [0, 0.05) is 19.3 Å². The van der Waals surface area contributed by atoms with E-state index in [1.165, 1.54) is 17.7 Å². The Hall–Kier alpha value is -1.36. The minimum Gasteiger partial charge on any atom is -0.368 e. The number of hydrogen-bond donors (Lipinski definition) is 1. The summed E-state index contributed by atoms with van der Waals surface area (Å²) in [6.45, 7) is 1.30. The predicted molar refractivity (Wildman–Crippen MR) is 66.1 cm³/mol. The number of ether oxygens (including phenoxy) is 1. The molecule has 1 atom stereocenters. The van der Waals surface area contributed by atoms with Crippen molar-refractivity contribution in [3.05, 3.63) is 17.0 Å². The summed E-state index contributed by atoms with van der Waals surface area (Å²) >= 11 is 0. The zero-order chi connectivity index (χ0) is 12.5. The van der Waals surface area contributed by atoms with Crippen LogP contribution >= 0.6 is 0 Å². The molecule has 2 aliphatic rings. The molecule has 18 heavy (non-hydrogen) atoms.